The van der Waals surface area contributed by atoms with Crippen LogP contribution in [0.4, 0.5) is 32.2 Å². The highest BCUT2D eigenvalue weighted by Crippen LogP contribution is 2.27. The van der Waals surface area contributed by atoms with Crippen LogP contribution in [0.25, 0.3) is 0 Å². The number of likely N-dealkylation sites (tertiary alicyclic amines) is 1. The number of anilines is 1. The van der Waals surface area contributed by atoms with Crippen LogP contribution in [0.3, 0.4) is 0 Å². The van der Waals surface area contributed by atoms with Crippen LogP contribution in [0.2, 0.25) is 0 Å². The van der Waals surface area contributed by atoms with E-state index in [-0.39, 0.29) is 18.8 Å². The highest BCUT2D eigenvalue weighted by atomic mass is 19.4. The van der Waals surface area contributed by atoms with Gasteiger partial charge in [0.2, 0.25) is 5.91 Å². The number of nitrogens with one attached hydrogen (secondary N) is 1. The van der Waals surface area contributed by atoms with Crippen LogP contribution in [0.15, 0.2) is 12.1 Å². The second kappa shape index (κ2) is 6.20. The lowest BCUT2D eigenvalue weighted by Crippen LogP contribution is -2.50. The molecule has 1 amide bonds. The number of amides is 1. The van der Waals surface area contributed by atoms with E-state index < -0.39 is 36.5 Å². The lowest BCUT2D eigenvalue weighted by atomic mass is 10.0. The van der Waals surface area contributed by atoms with Crippen molar-refractivity contribution in [2.45, 2.75) is 31.2 Å². The first-order valence-electron chi connectivity index (χ1n) is 6.59. The first-order valence-corrected chi connectivity index (χ1v) is 6.59. The Morgan fingerprint density at radius 2 is 1.87 bits per heavy atom. The van der Waals surface area contributed by atoms with Gasteiger partial charge in [0.1, 0.15) is 18.4 Å². The van der Waals surface area contributed by atoms with Gasteiger partial charge >= 0.3 is 12.4 Å². The smallest absolute Gasteiger partial charge is 0.357 e. The second-order valence-corrected chi connectivity index (χ2v) is 5.02. The monoisotopic (exact) mass is 342 g/mol. The van der Waals surface area contributed by atoms with Gasteiger partial charge in [-0.2, -0.15) is 26.3 Å². The fraction of sp³-hybridized carbons (Fsp3) is 0.583. The third kappa shape index (κ3) is 4.70. The quantitative estimate of drug-likeness (QED) is 0.858. The van der Waals surface area contributed by atoms with Gasteiger partial charge in [-0.05, 0) is 25.0 Å². The molecule has 1 saturated heterocycles. The zero-order valence-corrected chi connectivity index (χ0v) is 11.6. The normalized spacial score (nSPS) is 19.8. The van der Waals surface area contributed by atoms with Gasteiger partial charge in [0.25, 0.3) is 0 Å². The summed E-state index contributed by atoms with van der Waals surface area (Å²) in [4.78, 5) is 12.6. The standard InChI is InChI=1S/C12H12F6N4O/c13-11(14,15)6-22-5-1-2-7(10(22)23)19-9-4-3-8(20-21-9)12(16,17)18/h3-4,7H,1-2,5-6H2,(H,19,21). The largest absolute Gasteiger partial charge is 0.435 e. The average molecular weight is 342 g/mol. The Hall–Kier alpha value is -2.07. The molecular weight excluding hydrogens is 330 g/mol. The van der Waals surface area contributed by atoms with Crippen molar-refractivity contribution in [3.05, 3.63) is 17.8 Å². The molecule has 0 bridgehead atoms. The molecule has 128 valence electrons. The first kappa shape index (κ1) is 17.3. The summed E-state index contributed by atoms with van der Waals surface area (Å²) < 4.78 is 74.2. The molecule has 1 atom stereocenters. The van der Waals surface area contributed by atoms with Gasteiger partial charge in [0, 0.05) is 6.54 Å². The van der Waals surface area contributed by atoms with Crippen LogP contribution >= 0.6 is 0 Å². The zero-order chi connectivity index (χ0) is 17.3. The summed E-state index contributed by atoms with van der Waals surface area (Å²) in [6, 6.07) is 0.680. The molecule has 1 aromatic heterocycles. The van der Waals surface area contributed by atoms with E-state index >= 15 is 0 Å². The Bertz CT molecular complexity index is 556. The van der Waals surface area contributed by atoms with Gasteiger partial charge in [0.15, 0.2) is 5.69 Å². The van der Waals surface area contributed by atoms with Gasteiger partial charge in [-0.15, -0.1) is 10.2 Å². The van der Waals surface area contributed by atoms with Crippen molar-refractivity contribution in [2.75, 3.05) is 18.4 Å². The van der Waals surface area contributed by atoms with E-state index in [1.807, 2.05) is 0 Å². The van der Waals surface area contributed by atoms with Crippen molar-refractivity contribution in [1.29, 1.82) is 0 Å². The average Bonchev–Trinajstić information content (AvgIpc) is 2.41. The number of halogens is 6. The molecule has 1 aliphatic rings. The maximum atomic E-state index is 12.4. The molecular formula is C12H12F6N4O. The summed E-state index contributed by atoms with van der Waals surface area (Å²) in [5.74, 6) is -0.875. The number of carbonyl (C=O) groups is 1. The van der Waals surface area contributed by atoms with Crippen molar-refractivity contribution in [3.8, 4) is 0 Å². The summed E-state index contributed by atoms with van der Waals surface area (Å²) in [6.07, 6.45) is -8.55. The van der Waals surface area contributed by atoms with Gasteiger partial charge in [-0.25, -0.2) is 0 Å². The van der Waals surface area contributed by atoms with Crippen LogP contribution in [-0.2, 0) is 11.0 Å². The van der Waals surface area contributed by atoms with E-state index in [2.05, 4.69) is 15.5 Å². The third-order valence-corrected chi connectivity index (χ3v) is 3.18. The molecule has 11 heteroatoms. The highest BCUT2D eigenvalue weighted by Gasteiger charge is 2.37. The number of hydrogen-bond acceptors (Lipinski definition) is 4. The lowest BCUT2D eigenvalue weighted by molar-refractivity contribution is -0.163. The highest BCUT2D eigenvalue weighted by molar-refractivity contribution is 5.85. The molecule has 0 aliphatic carbocycles. The number of alkyl halides is 6. The van der Waals surface area contributed by atoms with E-state index in [1.54, 1.807) is 0 Å². The molecule has 1 aromatic rings. The third-order valence-electron chi connectivity index (χ3n) is 3.18. The fourth-order valence-corrected chi connectivity index (χ4v) is 2.19. The van der Waals surface area contributed by atoms with Gasteiger partial charge in [0.05, 0.1) is 0 Å². The number of rotatable bonds is 3. The summed E-state index contributed by atoms with van der Waals surface area (Å²) in [5.41, 5.74) is -1.20. The van der Waals surface area contributed by atoms with E-state index in [9.17, 15) is 31.1 Å². The molecule has 1 N–H and O–H groups in total. The topological polar surface area (TPSA) is 58.1 Å². The summed E-state index contributed by atoms with van der Waals surface area (Å²) in [5, 5.41) is 8.80. The Morgan fingerprint density at radius 3 is 2.39 bits per heavy atom. The maximum absolute atomic E-state index is 12.4. The molecule has 0 spiro atoms. The zero-order valence-electron chi connectivity index (χ0n) is 11.6. The molecule has 1 unspecified atom stereocenters. The van der Waals surface area contributed by atoms with Crippen molar-refractivity contribution in [2.24, 2.45) is 0 Å². The lowest BCUT2D eigenvalue weighted by Gasteiger charge is -2.33. The van der Waals surface area contributed by atoms with E-state index in [0.717, 1.165) is 6.07 Å². The fourth-order valence-electron chi connectivity index (χ4n) is 2.19. The number of carbonyl (C=O) groups excluding carboxylic acids is 1. The minimum absolute atomic E-state index is 0.0186. The van der Waals surface area contributed by atoms with Crippen molar-refractivity contribution >= 4 is 11.7 Å². The Kier molecular flexibility index (Phi) is 4.66. The summed E-state index contributed by atoms with van der Waals surface area (Å²) in [7, 11) is 0. The summed E-state index contributed by atoms with van der Waals surface area (Å²) in [6.45, 7) is -1.38. The maximum Gasteiger partial charge on any atom is 0.435 e. The van der Waals surface area contributed by atoms with E-state index in [4.69, 9.17) is 0 Å². The minimum atomic E-state index is -4.64. The molecule has 23 heavy (non-hydrogen) atoms. The van der Waals surface area contributed by atoms with Crippen LogP contribution in [0.5, 0.6) is 0 Å². The van der Waals surface area contributed by atoms with Gasteiger partial charge < -0.3 is 10.2 Å². The van der Waals surface area contributed by atoms with Crippen molar-refractivity contribution < 1.29 is 31.1 Å². The van der Waals surface area contributed by atoms with Crippen LogP contribution in [-0.4, -0.2) is 46.3 Å². The minimum Gasteiger partial charge on any atom is -0.357 e. The predicted molar refractivity (Wildman–Crippen MR) is 66.3 cm³/mol. The number of aromatic nitrogens is 2. The molecule has 2 heterocycles. The molecule has 5 nitrogen and oxygen atoms in total. The van der Waals surface area contributed by atoms with Crippen LogP contribution in [0.1, 0.15) is 18.5 Å². The van der Waals surface area contributed by atoms with E-state index in [1.165, 1.54) is 0 Å². The first-order chi connectivity index (χ1) is 10.6. The van der Waals surface area contributed by atoms with Gasteiger partial charge in [-0.3, -0.25) is 4.79 Å². The second-order valence-electron chi connectivity index (χ2n) is 5.02. The number of hydrogen-bond donors (Lipinski definition) is 1. The van der Waals surface area contributed by atoms with Crippen molar-refractivity contribution in [1.82, 2.24) is 15.1 Å². The molecule has 0 radical (unpaired) electrons. The SMILES string of the molecule is O=C1C(Nc2ccc(C(F)(F)F)nn2)CCCN1CC(F)(F)F. The summed E-state index contributed by atoms with van der Waals surface area (Å²) >= 11 is 0. The Morgan fingerprint density at radius 1 is 1.17 bits per heavy atom. The number of piperidine rings is 1. The molecule has 2 rings (SSSR count). The predicted octanol–water partition coefficient (Wildman–Crippen LogP) is 2.46. The van der Waals surface area contributed by atoms with Crippen LogP contribution in [0, 0.1) is 0 Å². The molecule has 1 aliphatic heterocycles. The Balaban J connectivity index is 2.03. The van der Waals surface area contributed by atoms with Crippen molar-refractivity contribution in [3.63, 3.8) is 0 Å². The Labute approximate surface area is 126 Å². The van der Waals surface area contributed by atoms with Gasteiger partial charge in [-0.1, -0.05) is 0 Å². The molecule has 0 aromatic carbocycles. The molecule has 1 fully saturated rings. The van der Waals surface area contributed by atoms with Crippen LogP contribution < -0.4 is 5.32 Å². The molecule has 0 saturated carbocycles. The van der Waals surface area contributed by atoms with E-state index in [0.29, 0.717) is 17.4 Å². The number of nitrogens with zero attached hydrogens (tertiary/aromatic N) is 3.